The van der Waals surface area contributed by atoms with Crippen LogP contribution in [0.2, 0.25) is 5.02 Å². The van der Waals surface area contributed by atoms with Crippen LogP contribution in [0.25, 0.3) is 0 Å². The monoisotopic (exact) mass is 269 g/mol. The van der Waals surface area contributed by atoms with Gasteiger partial charge in [-0.25, -0.2) is 13.1 Å². The minimum absolute atomic E-state index is 0.129. The van der Waals surface area contributed by atoms with E-state index in [4.69, 9.17) is 11.6 Å². The van der Waals surface area contributed by atoms with Crippen molar-refractivity contribution in [2.24, 2.45) is 0 Å². The Morgan fingerprint density at radius 3 is 2.71 bits per heavy atom. The molecule has 0 spiro atoms. The molecule has 17 heavy (non-hydrogen) atoms. The Hall–Kier alpha value is -1.02. The fourth-order valence-electron chi connectivity index (χ4n) is 1.33. The lowest BCUT2D eigenvalue weighted by Gasteiger charge is -1.99. The molecular weight excluding hydrogens is 258 g/mol. The van der Waals surface area contributed by atoms with Crippen LogP contribution in [-0.4, -0.2) is 20.2 Å². The van der Waals surface area contributed by atoms with Gasteiger partial charge in [-0.2, -0.15) is 0 Å². The standard InChI is InChI=1S/C12H12ClNO2S/c13-12-6-2-1-4-10(12)5-3-9-14-17(15,16)11-7-8-11/h1-2,4,6,11,14H,7-9H2. The van der Waals surface area contributed by atoms with Gasteiger partial charge in [0.25, 0.3) is 0 Å². The van der Waals surface area contributed by atoms with Gasteiger partial charge in [-0.1, -0.05) is 35.6 Å². The molecule has 1 aromatic carbocycles. The lowest BCUT2D eigenvalue weighted by atomic mass is 10.2. The van der Waals surface area contributed by atoms with Crippen LogP contribution in [0.1, 0.15) is 18.4 Å². The van der Waals surface area contributed by atoms with E-state index in [1.165, 1.54) is 0 Å². The van der Waals surface area contributed by atoms with Gasteiger partial charge in [0.05, 0.1) is 16.8 Å². The molecule has 0 unspecified atom stereocenters. The van der Waals surface area contributed by atoms with E-state index < -0.39 is 10.0 Å². The largest absolute Gasteiger partial charge is 0.215 e. The van der Waals surface area contributed by atoms with Crippen molar-refractivity contribution in [3.63, 3.8) is 0 Å². The maximum atomic E-state index is 11.5. The average Bonchev–Trinajstić information content (AvgIpc) is 3.10. The van der Waals surface area contributed by atoms with Crippen LogP contribution in [-0.2, 0) is 10.0 Å². The molecule has 0 bridgehead atoms. The molecular formula is C12H12ClNO2S. The highest BCUT2D eigenvalue weighted by atomic mass is 35.5. The normalized spacial score (nSPS) is 15.1. The predicted octanol–water partition coefficient (Wildman–Crippen LogP) is 1.77. The first kappa shape index (κ1) is 12.4. The molecule has 2 rings (SSSR count). The van der Waals surface area contributed by atoms with Crippen LogP contribution < -0.4 is 4.72 Å². The van der Waals surface area contributed by atoms with Gasteiger partial charge >= 0.3 is 0 Å². The maximum Gasteiger partial charge on any atom is 0.215 e. The third-order valence-corrected chi connectivity index (χ3v) is 4.65. The molecule has 1 aliphatic carbocycles. The van der Waals surface area contributed by atoms with Crippen LogP contribution in [0.15, 0.2) is 24.3 Å². The van der Waals surface area contributed by atoms with Gasteiger partial charge < -0.3 is 0 Å². The van der Waals surface area contributed by atoms with Gasteiger partial charge in [0.15, 0.2) is 0 Å². The Labute approximate surface area is 106 Å². The van der Waals surface area contributed by atoms with E-state index in [1.807, 2.05) is 12.1 Å². The van der Waals surface area contributed by atoms with Crippen molar-refractivity contribution in [1.29, 1.82) is 0 Å². The fourth-order valence-corrected chi connectivity index (χ4v) is 2.78. The Balaban J connectivity index is 1.93. The second kappa shape index (κ2) is 5.09. The molecule has 0 heterocycles. The van der Waals surface area contributed by atoms with Crippen molar-refractivity contribution in [1.82, 2.24) is 4.72 Å². The summed E-state index contributed by atoms with van der Waals surface area (Å²) in [6, 6.07) is 7.21. The molecule has 5 heteroatoms. The Morgan fingerprint density at radius 2 is 2.06 bits per heavy atom. The van der Waals surface area contributed by atoms with Crippen molar-refractivity contribution in [3.05, 3.63) is 34.9 Å². The summed E-state index contributed by atoms with van der Waals surface area (Å²) in [6.45, 7) is 0.129. The number of sulfonamides is 1. The Morgan fingerprint density at radius 1 is 1.35 bits per heavy atom. The van der Waals surface area contributed by atoms with Crippen molar-refractivity contribution >= 4 is 21.6 Å². The summed E-state index contributed by atoms with van der Waals surface area (Å²) < 4.78 is 25.4. The van der Waals surface area contributed by atoms with E-state index in [2.05, 4.69) is 16.6 Å². The maximum absolute atomic E-state index is 11.5. The average molecular weight is 270 g/mol. The number of hydrogen-bond acceptors (Lipinski definition) is 2. The summed E-state index contributed by atoms with van der Waals surface area (Å²) in [5.41, 5.74) is 0.708. The van der Waals surface area contributed by atoms with Crippen LogP contribution in [0.3, 0.4) is 0 Å². The minimum Gasteiger partial charge on any atom is -0.212 e. The molecule has 0 aromatic heterocycles. The highest BCUT2D eigenvalue weighted by molar-refractivity contribution is 7.90. The second-order valence-corrected chi connectivity index (χ2v) is 6.30. The molecule has 3 nitrogen and oxygen atoms in total. The Bertz CT molecular complexity index is 568. The molecule has 0 radical (unpaired) electrons. The highest BCUT2D eigenvalue weighted by Gasteiger charge is 2.34. The fraction of sp³-hybridized carbons (Fsp3) is 0.333. The van der Waals surface area contributed by atoms with Gasteiger partial charge in [0.2, 0.25) is 10.0 Å². The molecule has 1 saturated carbocycles. The molecule has 0 amide bonds. The second-order valence-electron chi connectivity index (χ2n) is 3.85. The first-order valence-corrected chi connectivity index (χ1v) is 7.24. The molecule has 1 aromatic rings. The molecule has 0 saturated heterocycles. The van der Waals surface area contributed by atoms with E-state index in [9.17, 15) is 8.42 Å². The molecule has 0 aliphatic heterocycles. The van der Waals surface area contributed by atoms with E-state index in [0.717, 1.165) is 12.8 Å². The smallest absolute Gasteiger partial charge is 0.212 e. The number of nitrogens with one attached hydrogen (secondary N) is 1. The summed E-state index contributed by atoms with van der Waals surface area (Å²) in [6.07, 6.45) is 1.51. The predicted molar refractivity (Wildman–Crippen MR) is 68.3 cm³/mol. The van der Waals surface area contributed by atoms with Crippen molar-refractivity contribution in [2.45, 2.75) is 18.1 Å². The zero-order chi connectivity index (χ0) is 12.3. The molecule has 0 atom stereocenters. The Kier molecular flexibility index (Phi) is 3.72. The van der Waals surface area contributed by atoms with Crippen LogP contribution in [0.4, 0.5) is 0 Å². The zero-order valence-electron chi connectivity index (χ0n) is 9.11. The first-order chi connectivity index (χ1) is 8.09. The lowest BCUT2D eigenvalue weighted by Crippen LogP contribution is -2.27. The van der Waals surface area contributed by atoms with Gasteiger partial charge in [-0.3, -0.25) is 0 Å². The van der Waals surface area contributed by atoms with Crippen molar-refractivity contribution in [2.75, 3.05) is 6.54 Å². The van der Waals surface area contributed by atoms with Gasteiger partial charge in [0, 0.05) is 5.56 Å². The third kappa shape index (κ3) is 3.47. The van der Waals surface area contributed by atoms with Crippen molar-refractivity contribution < 1.29 is 8.42 Å². The summed E-state index contributed by atoms with van der Waals surface area (Å²) >= 11 is 5.91. The summed E-state index contributed by atoms with van der Waals surface area (Å²) in [5, 5.41) is 0.370. The highest BCUT2D eigenvalue weighted by Crippen LogP contribution is 2.27. The third-order valence-electron chi connectivity index (χ3n) is 2.42. The van der Waals surface area contributed by atoms with E-state index >= 15 is 0 Å². The summed E-state index contributed by atoms with van der Waals surface area (Å²) in [5.74, 6) is 5.59. The van der Waals surface area contributed by atoms with Crippen LogP contribution in [0, 0.1) is 11.8 Å². The molecule has 1 fully saturated rings. The summed E-state index contributed by atoms with van der Waals surface area (Å²) in [4.78, 5) is 0. The topological polar surface area (TPSA) is 46.2 Å². The number of hydrogen-bond donors (Lipinski definition) is 1. The van der Waals surface area contributed by atoms with Gasteiger partial charge in [-0.05, 0) is 25.0 Å². The van der Waals surface area contributed by atoms with Crippen LogP contribution in [0.5, 0.6) is 0 Å². The number of halogens is 1. The SMILES string of the molecule is O=S(=O)(NCC#Cc1ccccc1Cl)C1CC1. The first-order valence-electron chi connectivity index (χ1n) is 5.31. The van der Waals surface area contributed by atoms with E-state index in [0.29, 0.717) is 10.6 Å². The van der Waals surface area contributed by atoms with Gasteiger partial charge in [-0.15, -0.1) is 0 Å². The number of rotatable bonds is 3. The van der Waals surface area contributed by atoms with Gasteiger partial charge in [0.1, 0.15) is 0 Å². The summed E-state index contributed by atoms with van der Waals surface area (Å²) in [7, 11) is -3.14. The number of benzene rings is 1. The quantitative estimate of drug-likeness (QED) is 0.850. The molecule has 1 N–H and O–H groups in total. The van der Waals surface area contributed by atoms with E-state index in [-0.39, 0.29) is 11.8 Å². The lowest BCUT2D eigenvalue weighted by molar-refractivity contribution is 0.584. The van der Waals surface area contributed by atoms with Crippen molar-refractivity contribution in [3.8, 4) is 11.8 Å². The zero-order valence-corrected chi connectivity index (χ0v) is 10.7. The molecule has 90 valence electrons. The van der Waals surface area contributed by atoms with E-state index in [1.54, 1.807) is 12.1 Å². The minimum atomic E-state index is -3.14. The molecule has 1 aliphatic rings. The van der Waals surface area contributed by atoms with Crippen LogP contribution >= 0.6 is 11.6 Å².